The molecule has 2 heterocycles. The molecule has 0 aliphatic carbocycles. The molecule has 0 aromatic carbocycles. The van der Waals surface area contributed by atoms with E-state index >= 15 is 0 Å². The van der Waals surface area contributed by atoms with E-state index in [-0.39, 0.29) is 6.10 Å². The summed E-state index contributed by atoms with van der Waals surface area (Å²) in [4.78, 5) is 4.20. The highest BCUT2D eigenvalue weighted by Crippen LogP contribution is 2.17. The molecule has 2 unspecified atom stereocenters. The third kappa shape index (κ3) is 3.01. The zero-order valence-electron chi connectivity index (χ0n) is 8.80. The van der Waals surface area contributed by atoms with Gasteiger partial charge in [-0.2, -0.15) is 0 Å². The van der Waals surface area contributed by atoms with E-state index in [2.05, 4.69) is 4.98 Å². The van der Waals surface area contributed by atoms with Gasteiger partial charge in [0.1, 0.15) is 0 Å². The minimum Gasteiger partial charge on any atom is -0.390 e. The van der Waals surface area contributed by atoms with Gasteiger partial charge >= 0.3 is 0 Å². The number of rotatable bonds is 3. The Morgan fingerprint density at radius 1 is 1.47 bits per heavy atom. The van der Waals surface area contributed by atoms with Crippen LogP contribution in [0.5, 0.6) is 0 Å². The maximum absolute atomic E-state index is 9.96. The van der Waals surface area contributed by atoms with Crippen LogP contribution in [0.15, 0.2) is 24.4 Å². The summed E-state index contributed by atoms with van der Waals surface area (Å²) in [6.45, 7) is 0.782. The minimum atomic E-state index is -0.416. The lowest BCUT2D eigenvalue weighted by atomic mass is 10.0. The summed E-state index contributed by atoms with van der Waals surface area (Å²) in [5, 5.41) is 9.96. The molecule has 0 bridgehead atoms. The number of pyridine rings is 1. The number of hydrogen-bond acceptors (Lipinski definition) is 3. The highest BCUT2D eigenvalue weighted by atomic mass is 16.5. The molecule has 1 fully saturated rings. The van der Waals surface area contributed by atoms with Crippen LogP contribution in [0.3, 0.4) is 0 Å². The lowest BCUT2D eigenvalue weighted by molar-refractivity contribution is -0.0614. The van der Waals surface area contributed by atoms with Crippen LogP contribution >= 0.6 is 0 Å². The molecule has 15 heavy (non-hydrogen) atoms. The van der Waals surface area contributed by atoms with Crippen molar-refractivity contribution in [3.05, 3.63) is 30.1 Å². The van der Waals surface area contributed by atoms with E-state index in [1.165, 1.54) is 0 Å². The van der Waals surface area contributed by atoms with Crippen molar-refractivity contribution in [2.24, 2.45) is 0 Å². The number of nitrogens with zero attached hydrogens (tertiary/aromatic N) is 1. The Hall–Kier alpha value is -0.930. The lowest BCUT2D eigenvalue weighted by Gasteiger charge is -2.26. The van der Waals surface area contributed by atoms with E-state index in [4.69, 9.17) is 4.74 Å². The Balaban J connectivity index is 1.88. The van der Waals surface area contributed by atoms with Crippen molar-refractivity contribution in [3.8, 4) is 0 Å². The second-order valence-corrected chi connectivity index (χ2v) is 4.00. The van der Waals surface area contributed by atoms with Gasteiger partial charge in [-0.25, -0.2) is 0 Å². The molecular formula is C12H17NO2. The number of aliphatic hydroxyl groups excluding tert-OH is 1. The monoisotopic (exact) mass is 207 g/mol. The summed E-state index contributed by atoms with van der Waals surface area (Å²) >= 11 is 0. The number of ether oxygens (including phenoxy) is 1. The Morgan fingerprint density at radius 3 is 3.07 bits per heavy atom. The first-order chi connectivity index (χ1) is 7.36. The molecule has 2 rings (SSSR count). The third-order valence-electron chi connectivity index (χ3n) is 2.79. The second kappa shape index (κ2) is 5.24. The molecule has 1 aromatic heterocycles. The fourth-order valence-corrected chi connectivity index (χ4v) is 1.93. The molecule has 0 spiro atoms. The van der Waals surface area contributed by atoms with Gasteiger partial charge in [0.15, 0.2) is 0 Å². The predicted octanol–water partition coefficient (Wildman–Crippen LogP) is 1.55. The van der Waals surface area contributed by atoms with Crippen molar-refractivity contribution < 1.29 is 9.84 Å². The standard InChI is InChI=1S/C12H17NO2/c14-11(12-6-2-4-8-15-12)9-10-5-1-3-7-13-10/h1,3,5,7,11-12,14H,2,4,6,8-9H2. The maximum Gasteiger partial charge on any atom is 0.0857 e. The van der Waals surface area contributed by atoms with Gasteiger partial charge in [-0.05, 0) is 31.4 Å². The summed E-state index contributed by atoms with van der Waals surface area (Å²) in [6, 6.07) is 5.76. The topological polar surface area (TPSA) is 42.4 Å². The van der Waals surface area contributed by atoms with Crippen LogP contribution in [0.25, 0.3) is 0 Å². The van der Waals surface area contributed by atoms with Gasteiger partial charge in [0.2, 0.25) is 0 Å². The number of hydrogen-bond donors (Lipinski definition) is 1. The van der Waals surface area contributed by atoms with Crippen LogP contribution in [0.2, 0.25) is 0 Å². The summed E-state index contributed by atoms with van der Waals surface area (Å²) in [5.74, 6) is 0. The van der Waals surface area contributed by atoms with Crippen molar-refractivity contribution in [1.29, 1.82) is 0 Å². The Morgan fingerprint density at radius 2 is 2.40 bits per heavy atom. The number of aliphatic hydroxyl groups is 1. The normalized spacial score (nSPS) is 23.7. The molecule has 3 heteroatoms. The van der Waals surface area contributed by atoms with Crippen molar-refractivity contribution in [3.63, 3.8) is 0 Å². The van der Waals surface area contributed by atoms with Gasteiger partial charge in [0.25, 0.3) is 0 Å². The molecule has 0 amide bonds. The van der Waals surface area contributed by atoms with Crippen molar-refractivity contribution >= 4 is 0 Å². The van der Waals surface area contributed by atoms with Gasteiger partial charge < -0.3 is 9.84 Å². The Bertz CT molecular complexity index is 283. The van der Waals surface area contributed by atoms with Crippen LogP contribution < -0.4 is 0 Å². The highest BCUT2D eigenvalue weighted by molar-refractivity contribution is 5.05. The smallest absolute Gasteiger partial charge is 0.0857 e. The van der Waals surface area contributed by atoms with Crippen LogP contribution in [-0.4, -0.2) is 28.9 Å². The summed E-state index contributed by atoms with van der Waals surface area (Å²) in [6.07, 6.45) is 5.17. The molecule has 1 aromatic rings. The van der Waals surface area contributed by atoms with Gasteiger partial charge in [-0.3, -0.25) is 4.98 Å². The highest BCUT2D eigenvalue weighted by Gasteiger charge is 2.22. The fraction of sp³-hybridized carbons (Fsp3) is 0.583. The van der Waals surface area contributed by atoms with E-state index in [1.54, 1.807) is 6.20 Å². The van der Waals surface area contributed by atoms with Gasteiger partial charge in [-0.15, -0.1) is 0 Å². The van der Waals surface area contributed by atoms with E-state index in [0.717, 1.165) is 31.6 Å². The largest absolute Gasteiger partial charge is 0.390 e. The molecule has 3 nitrogen and oxygen atoms in total. The van der Waals surface area contributed by atoms with E-state index < -0.39 is 6.10 Å². The molecule has 1 aliphatic rings. The molecule has 82 valence electrons. The van der Waals surface area contributed by atoms with Crippen LogP contribution in [0, 0.1) is 0 Å². The predicted molar refractivity (Wildman–Crippen MR) is 57.5 cm³/mol. The Labute approximate surface area is 90.1 Å². The number of aromatic nitrogens is 1. The van der Waals surface area contributed by atoms with E-state index in [1.807, 2.05) is 18.2 Å². The zero-order valence-corrected chi connectivity index (χ0v) is 8.80. The first-order valence-electron chi connectivity index (χ1n) is 5.56. The molecule has 0 saturated carbocycles. The molecule has 1 N–H and O–H groups in total. The molecule has 0 radical (unpaired) electrons. The first-order valence-corrected chi connectivity index (χ1v) is 5.56. The second-order valence-electron chi connectivity index (χ2n) is 4.00. The van der Waals surface area contributed by atoms with Crippen molar-refractivity contribution in [1.82, 2.24) is 4.98 Å². The fourth-order valence-electron chi connectivity index (χ4n) is 1.93. The molecule has 1 aliphatic heterocycles. The lowest BCUT2D eigenvalue weighted by Crippen LogP contribution is -2.33. The maximum atomic E-state index is 9.96. The third-order valence-corrected chi connectivity index (χ3v) is 2.79. The van der Waals surface area contributed by atoms with E-state index in [0.29, 0.717) is 6.42 Å². The van der Waals surface area contributed by atoms with Gasteiger partial charge in [0, 0.05) is 24.9 Å². The van der Waals surface area contributed by atoms with Crippen molar-refractivity contribution in [2.75, 3.05) is 6.61 Å². The van der Waals surface area contributed by atoms with Crippen LogP contribution in [0.1, 0.15) is 25.0 Å². The molecular weight excluding hydrogens is 190 g/mol. The van der Waals surface area contributed by atoms with E-state index in [9.17, 15) is 5.11 Å². The summed E-state index contributed by atoms with van der Waals surface area (Å²) in [7, 11) is 0. The quantitative estimate of drug-likeness (QED) is 0.817. The average Bonchev–Trinajstić information content (AvgIpc) is 2.31. The van der Waals surface area contributed by atoms with Gasteiger partial charge in [0.05, 0.1) is 12.2 Å². The molecule has 2 atom stereocenters. The van der Waals surface area contributed by atoms with Crippen LogP contribution in [0.4, 0.5) is 0 Å². The summed E-state index contributed by atoms with van der Waals surface area (Å²) in [5.41, 5.74) is 0.930. The van der Waals surface area contributed by atoms with Crippen molar-refractivity contribution in [2.45, 2.75) is 37.9 Å². The molecule has 1 saturated heterocycles. The first kappa shape index (κ1) is 10.6. The summed E-state index contributed by atoms with van der Waals surface area (Å²) < 4.78 is 5.53. The van der Waals surface area contributed by atoms with Gasteiger partial charge in [-0.1, -0.05) is 6.07 Å². The van der Waals surface area contributed by atoms with Crippen LogP contribution in [-0.2, 0) is 11.2 Å². The average molecular weight is 207 g/mol. The minimum absolute atomic E-state index is 0.000700. The zero-order chi connectivity index (χ0) is 10.5. The Kier molecular flexibility index (Phi) is 3.69. The SMILES string of the molecule is OC(Cc1ccccn1)C1CCCCO1.